The molecular formula is C17H29N3O3S. The summed E-state index contributed by atoms with van der Waals surface area (Å²) in [5.41, 5.74) is 0.229. The highest BCUT2D eigenvalue weighted by Crippen LogP contribution is 2.46. The molecule has 1 spiro atoms. The van der Waals surface area contributed by atoms with Gasteiger partial charge in [0.25, 0.3) is 0 Å². The van der Waals surface area contributed by atoms with E-state index in [-0.39, 0.29) is 16.5 Å². The number of likely N-dealkylation sites (N-methyl/N-ethyl adjacent to an activating group) is 1. The molecule has 1 saturated carbocycles. The zero-order chi connectivity index (χ0) is 17.5. The van der Waals surface area contributed by atoms with Crippen LogP contribution in [0, 0.1) is 13.8 Å². The highest BCUT2D eigenvalue weighted by atomic mass is 32.2. The minimum atomic E-state index is -3.59. The molecule has 1 saturated heterocycles. The van der Waals surface area contributed by atoms with Gasteiger partial charge in [-0.15, -0.1) is 0 Å². The maximum absolute atomic E-state index is 13.5. The monoisotopic (exact) mass is 355 g/mol. The Hall–Kier alpha value is -0.920. The molecule has 1 aliphatic heterocycles. The molecule has 24 heavy (non-hydrogen) atoms. The van der Waals surface area contributed by atoms with Gasteiger partial charge in [0.05, 0.1) is 0 Å². The van der Waals surface area contributed by atoms with Crippen molar-refractivity contribution < 1.29 is 12.9 Å². The molecule has 3 rings (SSSR count). The van der Waals surface area contributed by atoms with Crippen LogP contribution in [-0.4, -0.2) is 54.5 Å². The Balaban J connectivity index is 2.02. The van der Waals surface area contributed by atoms with Crippen molar-refractivity contribution >= 4 is 10.0 Å². The molecule has 6 nitrogen and oxygen atoms in total. The lowest BCUT2D eigenvalue weighted by Gasteiger charge is -2.40. The van der Waals surface area contributed by atoms with Crippen LogP contribution in [0.15, 0.2) is 9.42 Å². The van der Waals surface area contributed by atoms with Crippen molar-refractivity contribution in [2.45, 2.75) is 75.8 Å². The molecule has 1 unspecified atom stereocenters. The fourth-order valence-corrected chi connectivity index (χ4v) is 6.68. The van der Waals surface area contributed by atoms with Gasteiger partial charge < -0.3 is 9.42 Å². The van der Waals surface area contributed by atoms with Gasteiger partial charge in [-0.05, 0) is 46.7 Å². The van der Waals surface area contributed by atoms with Crippen LogP contribution in [0.2, 0.25) is 0 Å². The largest absolute Gasteiger partial charge is 0.360 e. The Bertz CT molecular complexity index is 672. The predicted octanol–water partition coefficient (Wildman–Crippen LogP) is 2.71. The smallest absolute Gasteiger partial charge is 0.249 e. The number of aryl methyl sites for hydroxylation is 2. The standard InChI is InChI=1S/C17H29N3O3S/c1-5-19(4)15-11-17(9-7-6-8-10-17)20(12-15)24(21,22)16-13(2)18-23-14(16)3/h15H,5-12H2,1-4H3. The van der Waals surface area contributed by atoms with Gasteiger partial charge in [0.1, 0.15) is 10.6 Å². The van der Waals surface area contributed by atoms with Crippen molar-refractivity contribution in [3.63, 3.8) is 0 Å². The first-order valence-electron chi connectivity index (χ1n) is 8.98. The topological polar surface area (TPSA) is 66.7 Å². The molecule has 1 aromatic heterocycles. The molecule has 0 aromatic carbocycles. The van der Waals surface area contributed by atoms with Crippen LogP contribution >= 0.6 is 0 Å². The highest BCUT2D eigenvalue weighted by molar-refractivity contribution is 7.89. The number of aromatic nitrogens is 1. The summed E-state index contributed by atoms with van der Waals surface area (Å²) < 4.78 is 33.9. The number of rotatable bonds is 4. The first-order chi connectivity index (χ1) is 11.3. The Kier molecular flexibility index (Phi) is 4.79. The number of nitrogens with zero attached hydrogens (tertiary/aromatic N) is 3. The first kappa shape index (κ1) is 17.9. The van der Waals surface area contributed by atoms with E-state index in [1.165, 1.54) is 6.42 Å². The summed E-state index contributed by atoms with van der Waals surface area (Å²) in [6.45, 7) is 7.02. The third-order valence-electron chi connectivity index (χ3n) is 5.94. The molecule has 136 valence electrons. The predicted molar refractivity (Wildman–Crippen MR) is 92.4 cm³/mol. The minimum Gasteiger partial charge on any atom is -0.360 e. The minimum absolute atomic E-state index is 0.235. The molecule has 1 aromatic rings. The van der Waals surface area contributed by atoms with E-state index < -0.39 is 10.0 Å². The Labute approximate surface area is 145 Å². The first-order valence-corrected chi connectivity index (χ1v) is 10.4. The lowest BCUT2D eigenvalue weighted by molar-refractivity contribution is 0.168. The van der Waals surface area contributed by atoms with Crippen molar-refractivity contribution in [3.05, 3.63) is 11.5 Å². The molecule has 2 aliphatic rings. The van der Waals surface area contributed by atoms with Gasteiger partial charge >= 0.3 is 0 Å². The Morgan fingerprint density at radius 1 is 1.29 bits per heavy atom. The van der Waals surface area contributed by atoms with Crippen LogP contribution in [0.1, 0.15) is 56.9 Å². The molecule has 2 heterocycles. The van der Waals surface area contributed by atoms with Crippen LogP contribution in [0.4, 0.5) is 0 Å². The molecule has 7 heteroatoms. The van der Waals surface area contributed by atoms with Gasteiger partial charge in [0.2, 0.25) is 10.0 Å². The molecule has 0 amide bonds. The average molecular weight is 356 g/mol. The average Bonchev–Trinajstić information content (AvgIpc) is 3.09. The SMILES string of the molecule is CCN(C)C1CN(S(=O)(=O)c2c(C)noc2C)C2(CCCCC2)C1. The van der Waals surface area contributed by atoms with Gasteiger partial charge in [-0.25, -0.2) is 8.42 Å². The Morgan fingerprint density at radius 2 is 1.96 bits per heavy atom. The van der Waals surface area contributed by atoms with Gasteiger partial charge in [0, 0.05) is 18.1 Å². The maximum Gasteiger partial charge on any atom is 0.249 e. The third-order valence-corrected chi connectivity index (χ3v) is 8.16. The van der Waals surface area contributed by atoms with Crippen molar-refractivity contribution in [1.82, 2.24) is 14.4 Å². The van der Waals surface area contributed by atoms with E-state index in [2.05, 4.69) is 24.0 Å². The molecule has 1 aliphatic carbocycles. The quantitative estimate of drug-likeness (QED) is 0.831. The number of hydrogen-bond donors (Lipinski definition) is 0. The molecule has 0 N–H and O–H groups in total. The summed E-state index contributed by atoms with van der Waals surface area (Å²) in [4.78, 5) is 2.55. The van der Waals surface area contributed by atoms with Gasteiger partial charge in [-0.1, -0.05) is 31.3 Å². The van der Waals surface area contributed by atoms with Crippen molar-refractivity contribution in [3.8, 4) is 0 Å². The molecule has 0 bridgehead atoms. The van der Waals surface area contributed by atoms with E-state index in [4.69, 9.17) is 4.52 Å². The third kappa shape index (κ3) is 2.80. The van der Waals surface area contributed by atoms with Gasteiger partial charge in [-0.2, -0.15) is 4.31 Å². The van der Waals surface area contributed by atoms with E-state index >= 15 is 0 Å². The van der Waals surface area contributed by atoms with Crippen molar-refractivity contribution in [1.29, 1.82) is 0 Å². The number of sulfonamides is 1. The molecule has 2 fully saturated rings. The molecule has 0 radical (unpaired) electrons. The maximum atomic E-state index is 13.5. The second-order valence-electron chi connectivity index (χ2n) is 7.41. The normalized spacial score (nSPS) is 25.0. The summed E-state index contributed by atoms with van der Waals surface area (Å²) in [6.07, 6.45) is 6.27. The van der Waals surface area contributed by atoms with E-state index in [1.807, 2.05) is 0 Å². The summed E-state index contributed by atoms with van der Waals surface area (Å²) in [5.74, 6) is 0.394. The van der Waals surface area contributed by atoms with E-state index in [0.29, 0.717) is 18.0 Å². The summed E-state index contributed by atoms with van der Waals surface area (Å²) in [5, 5.41) is 3.87. The van der Waals surface area contributed by atoms with Gasteiger partial charge in [0.15, 0.2) is 5.76 Å². The zero-order valence-electron chi connectivity index (χ0n) is 15.2. The fraction of sp³-hybridized carbons (Fsp3) is 0.824. The van der Waals surface area contributed by atoms with Crippen LogP contribution in [0.25, 0.3) is 0 Å². The van der Waals surface area contributed by atoms with Gasteiger partial charge in [-0.3, -0.25) is 0 Å². The number of hydrogen-bond acceptors (Lipinski definition) is 5. The lowest BCUT2D eigenvalue weighted by atomic mass is 9.80. The molecular weight excluding hydrogens is 326 g/mol. The van der Waals surface area contributed by atoms with Crippen LogP contribution in [-0.2, 0) is 10.0 Å². The summed E-state index contributed by atoms with van der Waals surface area (Å²) in [7, 11) is -1.50. The second kappa shape index (κ2) is 6.42. The zero-order valence-corrected chi connectivity index (χ0v) is 16.0. The van der Waals surface area contributed by atoms with Crippen molar-refractivity contribution in [2.24, 2.45) is 0 Å². The highest BCUT2D eigenvalue weighted by Gasteiger charge is 2.53. The Morgan fingerprint density at radius 3 is 2.50 bits per heavy atom. The molecule has 1 atom stereocenters. The van der Waals surface area contributed by atoms with E-state index in [1.54, 1.807) is 18.2 Å². The summed E-state index contributed by atoms with van der Waals surface area (Å²) >= 11 is 0. The fourth-order valence-electron chi connectivity index (χ4n) is 4.51. The summed E-state index contributed by atoms with van der Waals surface area (Å²) in [6, 6.07) is 0.281. The van der Waals surface area contributed by atoms with Crippen LogP contribution < -0.4 is 0 Å². The van der Waals surface area contributed by atoms with E-state index in [0.717, 1.165) is 38.6 Å². The van der Waals surface area contributed by atoms with E-state index in [9.17, 15) is 8.42 Å². The second-order valence-corrected chi connectivity index (χ2v) is 9.20. The van der Waals surface area contributed by atoms with Crippen molar-refractivity contribution in [2.75, 3.05) is 20.1 Å². The van der Waals surface area contributed by atoms with Crippen LogP contribution in [0.3, 0.4) is 0 Å². The van der Waals surface area contributed by atoms with Crippen LogP contribution in [0.5, 0.6) is 0 Å². The lowest BCUT2D eigenvalue weighted by Crippen LogP contribution is -2.48.